The summed E-state index contributed by atoms with van der Waals surface area (Å²) < 4.78 is 18.7. The molecule has 2 bridgehead atoms. The van der Waals surface area contributed by atoms with Gasteiger partial charge in [0.25, 0.3) is 0 Å². The molecule has 6 atom stereocenters. The SMILES string of the molecule is CC(C)(C)Oc1ccc([S+]2CCCC2)c2ccccc12.Cc1cc(O)cc(C)c1[S+]1CCCCC1.Cc1cc([S+]2C(C)CCC2C)cc(C)c1O.c1ccc2c([S+]3CC4C5CCC(C5)C4C3)ccc(OCC3CCCCC3)c2c1.c1ccc2c([S+]3CCCC3)ccc(OCCC3CCCC3)c2c1. The van der Waals surface area contributed by atoms with E-state index in [4.69, 9.17) is 14.2 Å². The quantitative estimate of drug-likeness (QED) is 0.113. The van der Waals surface area contributed by atoms with E-state index in [-0.39, 0.29) is 5.60 Å². The molecule has 9 fully saturated rings. The van der Waals surface area contributed by atoms with Crippen LogP contribution in [0.25, 0.3) is 32.3 Å². The minimum absolute atomic E-state index is 0.153. The summed E-state index contributed by atoms with van der Waals surface area (Å²) >= 11 is 0. The summed E-state index contributed by atoms with van der Waals surface area (Å²) in [5.41, 5.74) is 4.44. The second-order valence-electron chi connectivity index (χ2n) is 32.7. The molecule has 0 amide bonds. The van der Waals surface area contributed by atoms with Crippen molar-refractivity contribution in [2.75, 3.05) is 59.2 Å². The van der Waals surface area contributed by atoms with Crippen molar-refractivity contribution in [3.63, 3.8) is 0 Å². The third-order valence-electron chi connectivity index (χ3n) is 24.1. The minimum atomic E-state index is -0.153. The monoisotopic (exact) mass is 1470 g/mol. The predicted octanol–water partition coefficient (Wildman–Crippen LogP) is 23.5. The van der Waals surface area contributed by atoms with Crippen molar-refractivity contribution in [1.82, 2.24) is 0 Å². The normalized spacial score (nSPS) is 24.6. The summed E-state index contributed by atoms with van der Waals surface area (Å²) in [6.45, 7) is 21.1. The van der Waals surface area contributed by atoms with Crippen LogP contribution in [0, 0.1) is 63.2 Å². The van der Waals surface area contributed by atoms with Crippen LogP contribution in [0.1, 0.15) is 198 Å². The fourth-order valence-electron chi connectivity index (χ4n) is 18.9. The second-order valence-corrected chi connectivity index (χ2v) is 44.3. The van der Waals surface area contributed by atoms with Crippen molar-refractivity contribution in [3.05, 3.63) is 156 Å². The van der Waals surface area contributed by atoms with E-state index in [9.17, 15) is 10.2 Å². The fourth-order valence-corrected chi connectivity index (χ4v) is 33.0. The van der Waals surface area contributed by atoms with Gasteiger partial charge < -0.3 is 24.4 Å². The first-order valence-corrected chi connectivity index (χ1v) is 47.6. The number of hydrogen-bond acceptors (Lipinski definition) is 5. The number of aromatic hydroxyl groups is 2. The summed E-state index contributed by atoms with van der Waals surface area (Å²) in [6.07, 6.45) is 30.8. The van der Waals surface area contributed by atoms with Gasteiger partial charge in [0.1, 0.15) is 90.9 Å². The highest BCUT2D eigenvalue weighted by Crippen LogP contribution is 2.57. The summed E-state index contributed by atoms with van der Waals surface area (Å²) in [6, 6.07) is 48.6. The van der Waals surface area contributed by atoms with Crippen molar-refractivity contribution >= 4 is 86.8 Å². The highest BCUT2D eigenvalue weighted by atomic mass is 32.2. The van der Waals surface area contributed by atoms with Crippen molar-refractivity contribution in [2.24, 2.45) is 35.5 Å². The van der Waals surface area contributed by atoms with E-state index in [1.165, 1.54) is 234 Å². The Morgan fingerprint density at radius 3 is 1.32 bits per heavy atom. The molecule has 5 saturated heterocycles. The molecule has 17 rings (SSSR count). The van der Waals surface area contributed by atoms with E-state index in [1.807, 2.05) is 26.0 Å². The van der Waals surface area contributed by atoms with Crippen LogP contribution in [-0.2, 0) is 54.5 Å². The standard InChI is InChI=1S/C26H33OS.C21H27OS.C18H23OS.C14H20OS.C13H18OS/c1-2-6-18(7-3-1)15-27-25-12-13-26(22-9-5-4-8-21(22)25)28-16-23-19-10-11-20(14-19)24(23)17-28;1-2-8-17(7-1)13-14-22-20-11-12-21(23-15-5-6-16-23)19-10-4-3-9-18(19)20;1-18(2,3)19-16-10-11-17(20-12-6-7-13-20)15-9-5-4-8-14(15)16;1-9-7-13(8-10(2)14(9)15)16-11(3)5-6-12(16)4;1-10-8-12(14)9-11(2)13(10)15-6-4-3-5-7-15/h4-5,8-9,12-13,18-20,23-24H,1-3,6-7,10-11,14-17H2;3-4,9-12,17H,1-2,5-8,13-16H2;4-5,8-11H,6-7,12-13H2,1-3H3;7-8,11-12H,5-6H2,1-4H3;8-9H,3-7H2,1-2H3/q3*+1;;/p+2. The minimum Gasteiger partial charge on any atom is -0.508 e. The zero-order valence-electron chi connectivity index (χ0n) is 63.6. The van der Waals surface area contributed by atoms with E-state index in [0.717, 1.165) is 87.6 Å². The zero-order valence-corrected chi connectivity index (χ0v) is 67.7. The molecule has 5 aliphatic heterocycles. The number of hydrogen-bond donors (Lipinski definition) is 2. The molecule has 8 aromatic rings. The van der Waals surface area contributed by atoms with Crippen LogP contribution in [0.15, 0.2) is 158 Å². The molecule has 6 unspecified atom stereocenters. The average molecular weight is 1470 g/mol. The Morgan fingerprint density at radius 2 is 0.824 bits per heavy atom. The zero-order chi connectivity index (χ0) is 70.9. The van der Waals surface area contributed by atoms with Gasteiger partial charge in [-0.1, -0.05) is 99.5 Å². The molecular formula is C92H123O5S5+5. The molecule has 102 heavy (non-hydrogen) atoms. The number of ether oxygens (including phenoxy) is 3. The Bertz CT molecular complexity index is 3980. The number of phenolic OH excluding ortho intramolecular Hbond substituents is 2. The van der Waals surface area contributed by atoms with Crippen molar-refractivity contribution in [2.45, 2.75) is 244 Å². The van der Waals surface area contributed by atoms with Gasteiger partial charge in [-0.15, -0.1) is 0 Å². The topological polar surface area (TPSA) is 68.2 Å². The Morgan fingerprint density at radius 1 is 0.412 bits per heavy atom. The molecule has 5 nitrogen and oxygen atoms in total. The molecule has 10 heteroatoms. The third kappa shape index (κ3) is 18.4. The molecule has 4 aliphatic carbocycles. The van der Waals surface area contributed by atoms with Crippen LogP contribution in [-0.4, -0.2) is 85.6 Å². The molecule has 0 radical (unpaired) electrons. The second kappa shape index (κ2) is 35.3. The Balaban J connectivity index is 0.000000116. The summed E-state index contributed by atoms with van der Waals surface area (Å²) in [5.74, 6) is 21.1. The molecule has 0 spiro atoms. The number of phenols is 2. The smallest absolute Gasteiger partial charge is 0.163 e. The molecule has 9 aliphatic rings. The van der Waals surface area contributed by atoms with Crippen LogP contribution in [0.5, 0.6) is 28.7 Å². The number of benzene rings is 8. The fraction of sp³-hybridized carbons (Fsp3) is 0.543. The van der Waals surface area contributed by atoms with Crippen LogP contribution in [0.2, 0.25) is 0 Å². The number of aryl methyl sites for hydroxylation is 4. The highest BCUT2D eigenvalue weighted by molar-refractivity contribution is 7.98. The lowest BCUT2D eigenvalue weighted by Gasteiger charge is -2.22. The van der Waals surface area contributed by atoms with Gasteiger partial charge in [-0.05, 0) is 272 Å². The lowest BCUT2D eigenvalue weighted by Crippen LogP contribution is -2.23. The lowest BCUT2D eigenvalue weighted by molar-refractivity contribution is 0.133. The van der Waals surface area contributed by atoms with Crippen LogP contribution >= 0.6 is 0 Å². The molecule has 5 heterocycles. The summed E-state index contributed by atoms with van der Waals surface area (Å²) in [7, 11) is 2.19. The Hall–Kier alpha value is -4.71. The maximum atomic E-state index is 9.81. The van der Waals surface area contributed by atoms with Gasteiger partial charge in [0.2, 0.25) is 0 Å². The van der Waals surface area contributed by atoms with E-state index in [1.54, 1.807) is 21.1 Å². The van der Waals surface area contributed by atoms with Gasteiger partial charge in [-0.25, -0.2) is 0 Å². The van der Waals surface area contributed by atoms with Crippen molar-refractivity contribution < 1.29 is 24.4 Å². The first kappa shape index (κ1) is 75.5. The maximum absolute atomic E-state index is 9.81. The summed E-state index contributed by atoms with van der Waals surface area (Å²) in [5, 5.41) is 29.2. The number of rotatable bonds is 13. The van der Waals surface area contributed by atoms with Crippen molar-refractivity contribution in [3.8, 4) is 28.7 Å². The van der Waals surface area contributed by atoms with Gasteiger partial charge in [0.15, 0.2) is 24.5 Å². The van der Waals surface area contributed by atoms with E-state index in [0.29, 0.717) is 66.0 Å². The van der Waals surface area contributed by atoms with Gasteiger partial charge in [0.05, 0.1) is 13.2 Å². The molecule has 0 aromatic heterocycles. The van der Waals surface area contributed by atoms with Gasteiger partial charge >= 0.3 is 0 Å². The van der Waals surface area contributed by atoms with Crippen molar-refractivity contribution in [1.29, 1.82) is 0 Å². The first-order valence-electron chi connectivity index (χ1n) is 40.0. The first-order chi connectivity index (χ1) is 49.5. The van der Waals surface area contributed by atoms with Crippen LogP contribution in [0.3, 0.4) is 0 Å². The highest BCUT2D eigenvalue weighted by Gasteiger charge is 2.57. The molecular weight excluding hydrogens is 1350 g/mol. The summed E-state index contributed by atoms with van der Waals surface area (Å²) in [4.78, 5) is 7.72. The average Bonchev–Trinajstić information content (AvgIpc) is 1.58. The Labute approximate surface area is 629 Å². The van der Waals surface area contributed by atoms with E-state index in [2.05, 4.69) is 170 Å². The van der Waals surface area contributed by atoms with Crippen LogP contribution < -0.4 is 14.2 Å². The molecule has 546 valence electrons. The van der Waals surface area contributed by atoms with E-state index >= 15 is 0 Å². The predicted molar refractivity (Wildman–Crippen MR) is 447 cm³/mol. The van der Waals surface area contributed by atoms with Gasteiger partial charge in [-0.3, -0.25) is 0 Å². The molecule has 4 saturated carbocycles. The molecule has 8 aromatic carbocycles. The van der Waals surface area contributed by atoms with Gasteiger partial charge in [-0.2, -0.15) is 0 Å². The lowest BCUT2D eigenvalue weighted by atomic mass is 9.82. The van der Waals surface area contributed by atoms with E-state index < -0.39 is 0 Å². The van der Waals surface area contributed by atoms with Gasteiger partial charge in [0, 0.05) is 110 Å². The Kier molecular flexibility index (Phi) is 26.2. The van der Waals surface area contributed by atoms with Crippen LogP contribution in [0.4, 0.5) is 0 Å². The third-order valence-corrected chi connectivity index (χ3v) is 37.5. The molecule has 2 N–H and O–H groups in total. The maximum Gasteiger partial charge on any atom is 0.163 e. The number of fused-ring (bicyclic) bond motifs is 8. The largest absolute Gasteiger partial charge is 0.508 e.